The Kier molecular flexibility index (Phi) is 12.5. The Hall–Kier alpha value is -0.810. The number of nitrogens with one attached hydrogen (secondary N) is 1. The van der Waals surface area contributed by atoms with Crippen LogP contribution in [0.1, 0.15) is 60.3 Å². The van der Waals surface area contributed by atoms with Gasteiger partial charge in [-0.2, -0.15) is 0 Å². The number of hydrogen-bond donors (Lipinski definition) is 2. The molecule has 6 heteroatoms. The lowest BCUT2D eigenvalue weighted by Gasteiger charge is -2.33. The van der Waals surface area contributed by atoms with Gasteiger partial charge in [0, 0.05) is 32.5 Å². The van der Waals surface area contributed by atoms with E-state index in [1.807, 2.05) is 25.7 Å². The molecule has 1 atom stereocenters. The Morgan fingerprint density at radius 1 is 1.14 bits per heavy atom. The van der Waals surface area contributed by atoms with Gasteiger partial charge < -0.3 is 16.0 Å². The molecule has 0 aromatic carbocycles. The van der Waals surface area contributed by atoms with Crippen molar-refractivity contribution in [1.82, 2.24) is 10.2 Å². The summed E-state index contributed by atoms with van der Waals surface area (Å²) < 4.78 is 0. The first-order valence-electron chi connectivity index (χ1n) is 8.09. The van der Waals surface area contributed by atoms with Gasteiger partial charge >= 0.3 is 0 Å². The second kappa shape index (κ2) is 11.7. The summed E-state index contributed by atoms with van der Waals surface area (Å²) in [6, 6.07) is 0. The molecule has 0 saturated carbocycles. The zero-order chi connectivity index (χ0) is 16.5. The minimum atomic E-state index is -0.410. The van der Waals surface area contributed by atoms with Gasteiger partial charge in [0.15, 0.2) is 0 Å². The van der Waals surface area contributed by atoms with Crippen molar-refractivity contribution in [3.8, 4) is 0 Å². The van der Waals surface area contributed by atoms with Gasteiger partial charge in [-0.25, -0.2) is 0 Å². The Morgan fingerprint density at radius 3 is 2.00 bits per heavy atom. The second-order valence-electron chi connectivity index (χ2n) is 6.21. The van der Waals surface area contributed by atoms with Crippen LogP contribution in [0.15, 0.2) is 0 Å². The van der Waals surface area contributed by atoms with E-state index in [-0.39, 0.29) is 43.0 Å². The highest BCUT2D eigenvalue weighted by Gasteiger charge is 2.28. The molecule has 22 heavy (non-hydrogen) atoms. The van der Waals surface area contributed by atoms with Crippen molar-refractivity contribution in [3.05, 3.63) is 0 Å². The minimum Gasteiger partial charge on any atom is -0.349 e. The fraction of sp³-hybridized carbons (Fsp3) is 0.875. The molecule has 2 amide bonds. The third kappa shape index (κ3) is 7.99. The summed E-state index contributed by atoms with van der Waals surface area (Å²) in [7, 11) is 0. The number of rotatable bonds is 10. The van der Waals surface area contributed by atoms with Crippen molar-refractivity contribution < 1.29 is 9.59 Å². The molecule has 5 nitrogen and oxygen atoms in total. The summed E-state index contributed by atoms with van der Waals surface area (Å²) in [5.74, 6) is 0.213. The molecule has 0 aliphatic heterocycles. The largest absolute Gasteiger partial charge is 0.349 e. The number of nitrogens with two attached hydrogens (primary N) is 1. The van der Waals surface area contributed by atoms with Crippen LogP contribution < -0.4 is 11.1 Å². The zero-order valence-corrected chi connectivity index (χ0v) is 15.6. The smallest absolute Gasteiger partial charge is 0.223 e. The molecule has 0 spiro atoms. The van der Waals surface area contributed by atoms with Crippen molar-refractivity contribution in [2.75, 3.05) is 19.6 Å². The maximum absolute atomic E-state index is 12.1. The molecule has 0 heterocycles. The van der Waals surface area contributed by atoms with Gasteiger partial charge in [-0.1, -0.05) is 27.7 Å². The van der Waals surface area contributed by atoms with E-state index in [0.29, 0.717) is 6.54 Å². The second-order valence-corrected chi connectivity index (χ2v) is 6.21. The maximum Gasteiger partial charge on any atom is 0.223 e. The Morgan fingerprint density at radius 2 is 1.64 bits per heavy atom. The van der Waals surface area contributed by atoms with E-state index in [9.17, 15) is 9.59 Å². The average molecular weight is 336 g/mol. The molecule has 132 valence electrons. The summed E-state index contributed by atoms with van der Waals surface area (Å²) in [6.07, 6.45) is 2.38. The topological polar surface area (TPSA) is 75.4 Å². The number of nitrogens with zero attached hydrogens (tertiary/aromatic N) is 1. The quantitative estimate of drug-likeness (QED) is 0.643. The van der Waals surface area contributed by atoms with Crippen LogP contribution in [-0.2, 0) is 9.59 Å². The fourth-order valence-electron chi connectivity index (χ4n) is 2.09. The number of hydrogen-bond acceptors (Lipinski definition) is 3. The van der Waals surface area contributed by atoms with Crippen LogP contribution >= 0.6 is 12.4 Å². The molecule has 0 rings (SSSR count). The van der Waals surface area contributed by atoms with Crippen LogP contribution in [-0.4, -0.2) is 41.9 Å². The van der Waals surface area contributed by atoms with Crippen LogP contribution in [0.5, 0.6) is 0 Å². The molecule has 0 fully saturated rings. The first kappa shape index (κ1) is 23.5. The van der Waals surface area contributed by atoms with Gasteiger partial charge in [0.05, 0.1) is 5.54 Å². The molecule has 0 aliphatic rings. The lowest BCUT2D eigenvalue weighted by molar-refractivity contribution is -0.134. The molecular weight excluding hydrogens is 302 g/mol. The first-order valence-corrected chi connectivity index (χ1v) is 8.09. The van der Waals surface area contributed by atoms with Gasteiger partial charge in [-0.05, 0) is 25.7 Å². The van der Waals surface area contributed by atoms with Crippen molar-refractivity contribution in [2.45, 2.75) is 65.8 Å². The highest BCUT2D eigenvalue weighted by Crippen LogP contribution is 2.15. The molecule has 0 aromatic rings. The molecule has 1 unspecified atom stereocenters. The predicted molar refractivity (Wildman–Crippen MR) is 94.1 cm³/mol. The monoisotopic (exact) mass is 335 g/mol. The van der Waals surface area contributed by atoms with Gasteiger partial charge in [0.1, 0.15) is 0 Å². The van der Waals surface area contributed by atoms with Gasteiger partial charge in [0.2, 0.25) is 11.8 Å². The third-order valence-electron chi connectivity index (χ3n) is 4.03. The van der Waals surface area contributed by atoms with E-state index in [1.54, 1.807) is 0 Å². The minimum absolute atomic E-state index is 0. The van der Waals surface area contributed by atoms with Crippen molar-refractivity contribution in [1.29, 1.82) is 0 Å². The fourth-order valence-corrected chi connectivity index (χ4v) is 2.09. The summed E-state index contributed by atoms with van der Waals surface area (Å²) >= 11 is 0. The van der Waals surface area contributed by atoms with E-state index in [1.165, 1.54) is 0 Å². The van der Waals surface area contributed by atoms with E-state index in [2.05, 4.69) is 19.2 Å². The number of halogens is 1. The lowest BCUT2D eigenvalue weighted by Crippen LogP contribution is -2.55. The predicted octanol–water partition coefficient (Wildman–Crippen LogP) is 2.33. The van der Waals surface area contributed by atoms with E-state index < -0.39 is 5.54 Å². The lowest BCUT2D eigenvalue weighted by atomic mass is 9.88. The van der Waals surface area contributed by atoms with Crippen LogP contribution in [0, 0.1) is 5.92 Å². The summed E-state index contributed by atoms with van der Waals surface area (Å²) in [5.41, 5.74) is 5.34. The highest BCUT2D eigenvalue weighted by molar-refractivity contribution is 5.85. The zero-order valence-electron chi connectivity index (χ0n) is 14.8. The van der Waals surface area contributed by atoms with Crippen LogP contribution in [0.25, 0.3) is 0 Å². The molecule has 0 saturated heterocycles. The van der Waals surface area contributed by atoms with Crippen molar-refractivity contribution in [3.63, 3.8) is 0 Å². The maximum atomic E-state index is 12.1. The summed E-state index contributed by atoms with van der Waals surface area (Å²) in [6.45, 7) is 12.0. The van der Waals surface area contributed by atoms with Crippen LogP contribution in [0.4, 0.5) is 0 Å². The summed E-state index contributed by atoms with van der Waals surface area (Å²) in [4.78, 5) is 26.0. The molecule has 3 N–H and O–H groups in total. The Bertz CT molecular complexity index is 331. The molecule has 0 aromatic heterocycles. The van der Waals surface area contributed by atoms with E-state index in [4.69, 9.17) is 5.73 Å². The number of carbonyl (C=O) groups is 2. The molecule has 0 bridgehead atoms. The first-order chi connectivity index (χ1) is 9.80. The highest BCUT2D eigenvalue weighted by atomic mass is 35.5. The number of carbonyl (C=O) groups excluding carboxylic acids is 2. The van der Waals surface area contributed by atoms with Gasteiger partial charge in [-0.3, -0.25) is 9.59 Å². The van der Waals surface area contributed by atoms with Crippen molar-refractivity contribution >= 4 is 24.2 Å². The van der Waals surface area contributed by atoms with Crippen molar-refractivity contribution in [2.24, 2.45) is 11.7 Å². The normalized spacial score (nSPS) is 13.2. The van der Waals surface area contributed by atoms with Crippen LogP contribution in [0.3, 0.4) is 0 Å². The Balaban J connectivity index is 0. The standard InChI is InChI=1S/C16H33N3O2.ClH/c1-6-10-19(11-7-2)15(21)9-8-14(20)18-16(5,12-17)13(3)4;/h13H,6-12,17H2,1-5H3,(H,18,20);1H. The molecule has 0 radical (unpaired) electrons. The van der Waals surface area contributed by atoms with Crippen LogP contribution in [0.2, 0.25) is 0 Å². The Labute approximate surface area is 141 Å². The SMILES string of the molecule is CCCN(CCC)C(=O)CCC(=O)NC(C)(CN)C(C)C.Cl. The van der Waals surface area contributed by atoms with Gasteiger partial charge in [0.25, 0.3) is 0 Å². The number of amides is 2. The third-order valence-corrected chi connectivity index (χ3v) is 4.03. The van der Waals surface area contributed by atoms with E-state index in [0.717, 1.165) is 25.9 Å². The van der Waals surface area contributed by atoms with Gasteiger partial charge in [-0.15, -0.1) is 12.4 Å². The van der Waals surface area contributed by atoms with E-state index >= 15 is 0 Å². The average Bonchev–Trinajstić information content (AvgIpc) is 2.44. The molecular formula is C16H34ClN3O2. The summed E-state index contributed by atoms with van der Waals surface area (Å²) in [5, 5.41) is 2.97. The molecule has 0 aliphatic carbocycles.